The zero-order chi connectivity index (χ0) is 17.6. The van der Waals surface area contributed by atoms with Crippen LogP contribution in [-0.2, 0) is 11.2 Å². The molecule has 1 aliphatic rings. The molecule has 132 valence electrons. The molecule has 0 N–H and O–H groups in total. The van der Waals surface area contributed by atoms with E-state index in [1.54, 1.807) is 7.11 Å². The second-order valence-corrected chi connectivity index (χ2v) is 6.41. The van der Waals surface area contributed by atoms with Crippen molar-refractivity contribution in [1.29, 1.82) is 0 Å². The van der Waals surface area contributed by atoms with Gasteiger partial charge in [0.05, 0.1) is 13.7 Å². The Balaban J connectivity index is 1.52. The molecule has 0 aromatic heterocycles. The van der Waals surface area contributed by atoms with Gasteiger partial charge >= 0.3 is 0 Å². The second kappa shape index (κ2) is 8.06. The second-order valence-electron chi connectivity index (χ2n) is 6.41. The van der Waals surface area contributed by atoms with Crippen LogP contribution >= 0.6 is 0 Å². The van der Waals surface area contributed by atoms with Crippen molar-refractivity contribution in [1.82, 2.24) is 0 Å². The first-order chi connectivity index (χ1) is 12.2. The van der Waals surface area contributed by atoms with E-state index in [9.17, 15) is 4.79 Å². The number of amides is 1. The molecule has 25 heavy (non-hydrogen) atoms. The number of carbonyl (C=O) groups excluding carboxylic acids is 1. The number of hydrogen-bond donors (Lipinski definition) is 0. The zero-order valence-electron chi connectivity index (χ0n) is 14.9. The summed E-state index contributed by atoms with van der Waals surface area (Å²) in [6, 6.07) is 16.0. The third-order valence-corrected chi connectivity index (χ3v) is 4.66. The van der Waals surface area contributed by atoms with E-state index in [4.69, 9.17) is 9.47 Å². The SMILES string of the molecule is COc1ccc(OCCCC(=O)N2c3ccccc3CCC2C)cc1. The Morgan fingerprint density at radius 1 is 1.12 bits per heavy atom. The molecule has 4 heteroatoms. The summed E-state index contributed by atoms with van der Waals surface area (Å²) >= 11 is 0. The van der Waals surface area contributed by atoms with E-state index in [1.807, 2.05) is 41.3 Å². The van der Waals surface area contributed by atoms with Crippen LogP contribution in [-0.4, -0.2) is 25.7 Å². The van der Waals surface area contributed by atoms with Crippen LogP contribution in [0.2, 0.25) is 0 Å². The largest absolute Gasteiger partial charge is 0.497 e. The fourth-order valence-electron chi connectivity index (χ4n) is 3.27. The van der Waals surface area contributed by atoms with Crippen LogP contribution in [0.1, 0.15) is 31.7 Å². The van der Waals surface area contributed by atoms with E-state index < -0.39 is 0 Å². The molecule has 0 bridgehead atoms. The van der Waals surface area contributed by atoms with Crippen LogP contribution < -0.4 is 14.4 Å². The molecule has 1 unspecified atom stereocenters. The van der Waals surface area contributed by atoms with Gasteiger partial charge in [-0.1, -0.05) is 18.2 Å². The van der Waals surface area contributed by atoms with Crippen LogP contribution in [0.15, 0.2) is 48.5 Å². The summed E-state index contributed by atoms with van der Waals surface area (Å²) in [6.45, 7) is 2.66. The first kappa shape index (κ1) is 17.3. The maximum absolute atomic E-state index is 12.7. The first-order valence-corrected chi connectivity index (χ1v) is 8.86. The van der Waals surface area contributed by atoms with Crippen molar-refractivity contribution in [3.8, 4) is 11.5 Å². The fraction of sp³-hybridized carbons (Fsp3) is 0.381. The van der Waals surface area contributed by atoms with Crippen molar-refractivity contribution < 1.29 is 14.3 Å². The number of aryl methyl sites for hydroxylation is 1. The Morgan fingerprint density at radius 3 is 2.60 bits per heavy atom. The van der Waals surface area contributed by atoms with Crippen LogP contribution in [0, 0.1) is 0 Å². The average Bonchev–Trinajstić information content (AvgIpc) is 2.65. The van der Waals surface area contributed by atoms with E-state index in [2.05, 4.69) is 19.1 Å². The quantitative estimate of drug-likeness (QED) is 0.740. The Hall–Kier alpha value is -2.49. The number of fused-ring (bicyclic) bond motifs is 1. The van der Waals surface area contributed by atoms with Crippen LogP contribution in [0.5, 0.6) is 11.5 Å². The molecule has 0 aliphatic carbocycles. The lowest BCUT2D eigenvalue weighted by atomic mass is 9.96. The zero-order valence-corrected chi connectivity index (χ0v) is 14.9. The molecule has 0 spiro atoms. The maximum Gasteiger partial charge on any atom is 0.227 e. The average molecular weight is 339 g/mol. The van der Waals surface area contributed by atoms with Gasteiger partial charge in [0.2, 0.25) is 5.91 Å². The number of hydrogen-bond acceptors (Lipinski definition) is 3. The van der Waals surface area contributed by atoms with Gasteiger partial charge in [-0.05, 0) is 62.1 Å². The molecule has 1 amide bonds. The van der Waals surface area contributed by atoms with E-state index in [1.165, 1.54) is 5.56 Å². The molecule has 0 saturated carbocycles. The van der Waals surface area contributed by atoms with Crippen molar-refractivity contribution in [2.24, 2.45) is 0 Å². The van der Waals surface area contributed by atoms with Gasteiger partial charge < -0.3 is 14.4 Å². The molecule has 0 radical (unpaired) electrons. The molecule has 3 rings (SSSR count). The summed E-state index contributed by atoms with van der Waals surface area (Å²) in [5, 5.41) is 0. The number of methoxy groups -OCH3 is 1. The summed E-state index contributed by atoms with van der Waals surface area (Å²) in [4.78, 5) is 14.7. The summed E-state index contributed by atoms with van der Waals surface area (Å²) in [5.74, 6) is 1.78. The Morgan fingerprint density at radius 2 is 1.84 bits per heavy atom. The topological polar surface area (TPSA) is 38.8 Å². The molecule has 2 aromatic rings. The number of para-hydroxylation sites is 1. The van der Waals surface area contributed by atoms with Crippen molar-refractivity contribution in [3.63, 3.8) is 0 Å². The van der Waals surface area contributed by atoms with Gasteiger partial charge in [-0.25, -0.2) is 0 Å². The van der Waals surface area contributed by atoms with Gasteiger partial charge in [0.25, 0.3) is 0 Å². The molecule has 1 atom stereocenters. The van der Waals surface area contributed by atoms with Crippen molar-refractivity contribution in [3.05, 3.63) is 54.1 Å². The van der Waals surface area contributed by atoms with Gasteiger partial charge in [-0.3, -0.25) is 4.79 Å². The van der Waals surface area contributed by atoms with E-state index in [0.29, 0.717) is 19.4 Å². The smallest absolute Gasteiger partial charge is 0.227 e. The normalized spacial score (nSPS) is 16.2. The lowest BCUT2D eigenvalue weighted by Gasteiger charge is -2.35. The minimum absolute atomic E-state index is 0.179. The summed E-state index contributed by atoms with van der Waals surface area (Å²) < 4.78 is 10.8. The molecule has 1 heterocycles. The van der Waals surface area contributed by atoms with Gasteiger partial charge in [-0.2, -0.15) is 0 Å². The molecule has 0 saturated heterocycles. The summed E-state index contributed by atoms with van der Waals surface area (Å²) in [7, 11) is 1.64. The highest BCUT2D eigenvalue weighted by atomic mass is 16.5. The third kappa shape index (κ3) is 4.13. The van der Waals surface area contributed by atoms with Gasteiger partial charge in [-0.15, -0.1) is 0 Å². The number of anilines is 1. The van der Waals surface area contributed by atoms with Crippen LogP contribution in [0.4, 0.5) is 5.69 Å². The van der Waals surface area contributed by atoms with E-state index >= 15 is 0 Å². The number of carbonyl (C=O) groups is 1. The number of nitrogens with zero attached hydrogens (tertiary/aromatic N) is 1. The summed E-state index contributed by atoms with van der Waals surface area (Å²) in [6.07, 6.45) is 3.26. The lowest BCUT2D eigenvalue weighted by Crippen LogP contribution is -2.42. The monoisotopic (exact) mass is 339 g/mol. The van der Waals surface area contributed by atoms with E-state index in [-0.39, 0.29) is 11.9 Å². The Labute approximate surface area is 149 Å². The minimum Gasteiger partial charge on any atom is -0.497 e. The molecule has 0 fully saturated rings. The maximum atomic E-state index is 12.7. The van der Waals surface area contributed by atoms with Gasteiger partial charge in [0, 0.05) is 18.2 Å². The standard InChI is InChI=1S/C21H25NO3/c1-16-9-10-17-6-3-4-7-20(17)22(16)21(23)8-5-15-25-19-13-11-18(24-2)12-14-19/h3-4,6-7,11-14,16H,5,8-10,15H2,1-2H3. The predicted octanol–water partition coefficient (Wildman–Crippen LogP) is 4.22. The molecular formula is C21H25NO3. The highest BCUT2D eigenvalue weighted by molar-refractivity contribution is 5.95. The molecule has 2 aromatic carbocycles. The van der Waals surface area contributed by atoms with Gasteiger partial charge in [0.1, 0.15) is 11.5 Å². The summed E-state index contributed by atoms with van der Waals surface area (Å²) in [5.41, 5.74) is 2.34. The Bertz CT molecular complexity index is 711. The number of benzene rings is 2. The fourth-order valence-corrected chi connectivity index (χ4v) is 3.27. The molecular weight excluding hydrogens is 314 g/mol. The number of ether oxygens (including phenoxy) is 2. The van der Waals surface area contributed by atoms with E-state index in [0.717, 1.165) is 30.0 Å². The van der Waals surface area contributed by atoms with Gasteiger partial charge in [0.15, 0.2) is 0 Å². The van der Waals surface area contributed by atoms with Crippen molar-refractivity contribution >= 4 is 11.6 Å². The van der Waals surface area contributed by atoms with Crippen LogP contribution in [0.3, 0.4) is 0 Å². The number of rotatable bonds is 6. The lowest BCUT2D eigenvalue weighted by molar-refractivity contribution is -0.119. The van der Waals surface area contributed by atoms with Crippen LogP contribution in [0.25, 0.3) is 0 Å². The predicted molar refractivity (Wildman–Crippen MR) is 99.4 cm³/mol. The molecule has 1 aliphatic heterocycles. The minimum atomic E-state index is 0.179. The Kier molecular flexibility index (Phi) is 5.59. The highest BCUT2D eigenvalue weighted by Crippen LogP contribution is 2.31. The highest BCUT2D eigenvalue weighted by Gasteiger charge is 2.27. The first-order valence-electron chi connectivity index (χ1n) is 8.86. The van der Waals surface area contributed by atoms with Crippen molar-refractivity contribution in [2.45, 2.75) is 38.6 Å². The molecule has 4 nitrogen and oxygen atoms in total. The third-order valence-electron chi connectivity index (χ3n) is 4.66. The van der Waals surface area contributed by atoms with Crippen molar-refractivity contribution in [2.75, 3.05) is 18.6 Å².